The summed E-state index contributed by atoms with van der Waals surface area (Å²) in [5.74, 6) is -0.899. The fourth-order valence-corrected chi connectivity index (χ4v) is 1.53. The second-order valence-electron chi connectivity index (χ2n) is 3.00. The SMILES string of the molecule is O=C(O)c1cc[c]cc1.[InH3].[Y][c]1ccccc1. The average molecular weight is 405 g/mol. The van der Waals surface area contributed by atoms with Crippen molar-refractivity contribution in [2.45, 2.75) is 0 Å². The van der Waals surface area contributed by atoms with E-state index >= 15 is 0 Å². The van der Waals surface area contributed by atoms with E-state index in [0.717, 1.165) is 0 Å². The molecular formula is C13H13InO2Y. The number of rotatable bonds is 1. The molecule has 0 saturated carbocycles. The van der Waals surface area contributed by atoms with Crippen LogP contribution in [0, 0.1) is 6.07 Å². The zero-order chi connectivity index (χ0) is 11.8. The van der Waals surface area contributed by atoms with E-state index in [0.29, 0.717) is 5.56 Å². The molecule has 2 aromatic carbocycles. The minimum atomic E-state index is -0.899. The van der Waals surface area contributed by atoms with Gasteiger partial charge in [-0.1, -0.05) is 12.1 Å². The molecule has 0 spiro atoms. The number of hydrogen-bond donors (Lipinski definition) is 1. The molecule has 0 amide bonds. The van der Waals surface area contributed by atoms with Gasteiger partial charge in [-0.15, -0.1) is 0 Å². The molecule has 0 aliphatic carbocycles. The van der Waals surface area contributed by atoms with Crippen LogP contribution in [0.3, 0.4) is 0 Å². The van der Waals surface area contributed by atoms with E-state index in [1.54, 1.807) is 12.1 Å². The molecule has 0 heterocycles. The van der Waals surface area contributed by atoms with Gasteiger partial charge < -0.3 is 5.11 Å². The molecule has 0 aliphatic heterocycles. The van der Waals surface area contributed by atoms with Crippen LogP contribution in [0.5, 0.6) is 0 Å². The van der Waals surface area contributed by atoms with E-state index in [4.69, 9.17) is 5.11 Å². The number of aromatic carboxylic acids is 1. The summed E-state index contributed by atoms with van der Waals surface area (Å²) in [6.07, 6.45) is 0. The maximum absolute atomic E-state index is 10.2. The van der Waals surface area contributed by atoms with Gasteiger partial charge in [0.2, 0.25) is 0 Å². The molecule has 0 aromatic heterocycles. The molecule has 0 unspecified atom stereocenters. The number of carbonyl (C=O) groups is 1. The standard InChI is InChI=1S/C7H5O2.C6H5.In.Y.3H/c8-7(9)6-4-2-1-3-5-6;1-2-4-6-5-3-1;;;;;/h2-5H,(H,8,9);1-5H;;;;;. The van der Waals surface area contributed by atoms with E-state index in [-0.39, 0.29) is 25.8 Å². The molecule has 0 fully saturated rings. The van der Waals surface area contributed by atoms with Crippen molar-refractivity contribution in [3.8, 4) is 0 Å². The van der Waals surface area contributed by atoms with E-state index in [1.807, 2.05) is 6.07 Å². The van der Waals surface area contributed by atoms with Gasteiger partial charge in [0.05, 0.1) is 5.56 Å². The molecule has 0 aliphatic rings. The van der Waals surface area contributed by atoms with Gasteiger partial charge in [0.25, 0.3) is 0 Å². The Morgan fingerprint density at radius 3 is 1.88 bits per heavy atom. The van der Waals surface area contributed by atoms with Gasteiger partial charge in [0, 0.05) is 0 Å². The van der Waals surface area contributed by atoms with Crippen molar-refractivity contribution in [2.75, 3.05) is 0 Å². The second kappa shape index (κ2) is 9.87. The Hall–Kier alpha value is -0.116. The fourth-order valence-electron chi connectivity index (χ4n) is 0.983. The normalized spacial score (nSPS) is 8.18. The summed E-state index contributed by atoms with van der Waals surface area (Å²) < 4.78 is 1.45. The molecule has 83 valence electrons. The Labute approximate surface area is 140 Å². The first-order valence-corrected chi connectivity index (χ1v) is 6.12. The molecule has 2 nitrogen and oxygen atoms in total. The topological polar surface area (TPSA) is 37.3 Å². The Bertz CT molecular complexity index is 432. The molecule has 2 aromatic rings. The van der Waals surface area contributed by atoms with Crippen molar-refractivity contribution in [3.63, 3.8) is 0 Å². The van der Waals surface area contributed by atoms with Crippen molar-refractivity contribution in [3.05, 3.63) is 66.2 Å². The molecule has 0 bridgehead atoms. The summed E-state index contributed by atoms with van der Waals surface area (Å²) in [5.41, 5.74) is 0.300. The predicted octanol–water partition coefficient (Wildman–Crippen LogP) is 0.860. The van der Waals surface area contributed by atoms with Crippen LogP contribution >= 0.6 is 0 Å². The monoisotopic (exact) mass is 405 g/mol. The van der Waals surface area contributed by atoms with Gasteiger partial charge in [-0.3, -0.25) is 0 Å². The molecule has 0 saturated heterocycles. The van der Waals surface area contributed by atoms with E-state index in [9.17, 15) is 4.79 Å². The van der Waals surface area contributed by atoms with E-state index in [2.05, 4.69) is 30.3 Å². The second-order valence-corrected chi connectivity index (χ2v) is 4.64. The first-order chi connectivity index (χ1) is 7.70. The molecule has 1 N–H and O–H groups in total. The number of carboxylic acids is 1. The fraction of sp³-hybridized carbons (Fsp3) is 0. The van der Waals surface area contributed by atoms with Crippen LogP contribution in [0.15, 0.2) is 54.6 Å². The van der Waals surface area contributed by atoms with Gasteiger partial charge in [0.15, 0.2) is 0 Å². The van der Waals surface area contributed by atoms with E-state index < -0.39 is 5.97 Å². The third-order valence-corrected chi connectivity index (χ3v) is 2.71. The number of benzene rings is 2. The summed E-state index contributed by atoms with van der Waals surface area (Å²) >= 11 is 1.23. The van der Waals surface area contributed by atoms with Crippen LogP contribution < -0.4 is 2.37 Å². The zero-order valence-corrected chi connectivity index (χ0v) is 11.5. The summed E-state index contributed by atoms with van der Waals surface area (Å²) in [5, 5.41) is 8.37. The summed E-state index contributed by atoms with van der Waals surface area (Å²) in [6, 6.07) is 19.3. The van der Waals surface area contributed by atoms with Crippen molar-refractivity contribution < 1.29 is 40.9 Å². The quantitative estimate of drug-likeness (QED) is 0.765. The Morgan fingerprint density at radius 2 is 1.59 bits per heavy atom. The van der Waals surface area contributed by atoms with Crippen LogP contribution in [0.25, 0.3) is 0 Å². The third-order valence-electron chi connectivity index (χ3n) is 1.76. The van der Waals surface area contributed by atoms with Crippen LogP contribution in [0.2, 0.25) is 0 Å². The van der Waals surface area contributed by atoms with Gasteiger partial charge in [-0.25, -0.2) is 4.79 Å². The zero-order valence-electron chi connectivity index (χ0n) is 8.63. The van der Waals surface area contributed by atoms with Gasteiger partial charge in [0.1, 0.15) is 0 Å². The average Bonchev–Trinajstić information content (AvgIpc) is 2.32. The van der Waals surface area contributed by atoms with Crippen LogP contribution in [0.4, 0.5) is 0 Å². The molecular weight excluding hydrogens is 392 g/mol. The Morgan fingerprint density at radius 1 is 1.06 bits per heavy atom. The van der Waals surface area contributed by atoms with Crippen LogP contribution in [-0.4, -0.2) is 36.9 Å². The summed E-state index contributed by atoms with van der Waals surface area (Å²) in [6.45, 7) is 0. The Kier molecular flexibility index (Phi) is 9.80. The van der Waals surface area contributed by atoms with Crippen LogP contribution in [0.1, 0.15) is 10.4 Å². The number of hydrogen-bond acceptors (Lipinski definition) is 1. The van der Waals surface area contributed by atoms with Gasteiger partial charge >= 0.3 is 95.5 Å². The first-order valence-electron chi connectivity index (χ1n) is 4.70. The van der Waals surface area contributed by atoms with Gasteiger partial charge in [-0.05, 0) is 18.2 Å². The molecule has 0 atom stereocenters. The van der Waals surface area contributed by atoms with Gasteiger partial charge in [-0.2, -0.15) is 0 Å². The molecule has 1 radical (unpaired) electrons. The van der Waals surface area contributed by atoms with Crippen molar-refractivity contribution >= 4 is 34.2 Å². The van der Waals surface area contributed by atoms with Crippen LogP contribution in [-0.2, 0) is 31.0 Å². The summed E-state index contributed by atoms with van der Waals surface area (Å²) in [7, 11) is 0. The number of carboxylic acid groups (broad SMARTS) is 1. The minimum absolute atomic E-state index is 0. The molecule has 2 rings (SSSR count). The van der Waals surface area contributed by atoms with E-state index in [1.165, 1.54) is 45.5 Å². The maximum atomic E-state index is 10.2. The third kappa shape index (κ3) is 7.74. The van der Waals surface area contributed by atoms with Crippen molar-refractivity contribution in [1.82, 2.24) is 0 Å². The Balaban J connectivity index is 0.000000292. The first kappa shape index (κ1) is 16.9. The summed E-state index contributed by atoms with van der Waals surface area (Å²) in [4.78, 5) is 10.2. The predicted molar refractivity (Wildman–Crippen MR) is 68.3 cm³/mol. The molecule has 4 heteroatoms. The van der Waals surface area contributed by atoms with Crippen molar-refractivity contribution in [1.29, 1.82) is 0 Å². The molecule has 17 heavy (non-hydrogen) atoms. The van der Waals surface area contributed by atoms with Crippen molar-refractivity contribution in [2.24, 2.45) is 0 Å².